The molecule has 0 bridgehead atoms. The fraction of sp³-hybridized carbons (Fsp3) is 0.621. The minimum absolute atomic E-state index is 0.00531. The van der Waals surface area contributed by atoms with E-state index in [9.17, 15) is 24.0 Å². The highest BCUT2D eigenvalue weighted by Crippen LogP contribution is 2.34. The molecule has 0 radical (unpaired) electrons. The molecule has 1 heterocycles. The summed E-state index contributed by atoms with van der Waals surface area (Å²) in [6.07, 6.45) is 2.61. The number of likely N-dealkylation sites (tertiary alicyclic amines) is 1. The molecular formula is C29H44N6O6. The first kappa shape index (κ1) is 32.0. The third-order valence-corrected chi connectivity index (χ3v) is 7.57. The van der Waals surface area contributed by atoms with Crippen LogP contribution in [0.25, 0.3) is 0 Å². The number of hydrogen-bond donors (Lipinski definition) is 5. The van der Waals surface area contributed by atoms with Crippen molar-refractivity contribution in [3.8, 4) is 0 Å². The van der Waals surface area contributed by atoms with Crippen LogP contribution in [-0.4, -0.2) is 65.5 Å². The Morgan fingerprint density at radius 2 is 1.61 bits per heavy atom. The zero-order chi connectivity index (χ0) is 30.3. The standard InChI is InChI=1S/C26H36N6O6.C3H8/c1-13-8-19(23(35)30-18(9-14-6-7-14)21(33)22(27)34)32(12-13)24(36)20(31-26(37)38-25(28)29)17-10-15-4-2-3-5-16(15)11-17;1-3-2/h2-5,13-14,17-20,25H,6-12,28-29H2,1H3,(H2,27,34)(H,30,35)(H,31,37);3H2,1-2H3/t13-,18?,19?,20?;/m1./s1. The molecule has 1 aliphatic heterocycles. The summed E-state index contributed by atoms with van der Waals surface area (Å²) in [5.41, 5.74) is 18.1. The molecule has 1 saturated heterocycles. The third-order valence-electron chi connectivity index (χ3n) is 7.57. The van der Waals surface area contributed by atoms with Crippen LogP contribution in [0.4, 0.5) is 4.79 Å². The average Bonchev–Trinajstić information content (AvgIpc) is 3.47. The topological polar surface area (TPSA) is 200 Å². The van der Waals surface area contributed by atoms with Gasteiger partial charge in [0.15, 0.2) is 0 Å². The van der Waals surface area contributed by atoms with Crippen LogP contribution in [0.2, 0.25) is 0 Å². The Morgan fingerprint density at radius 3 is 2.12 bits per heavy atom. The molecule has 0 aromatic heterocycles. The minimum atomic E-state index is -1.36. The Bertz CT molecular complexity index is 1100. The van der Waals surface area contributed by atoms with E-state index < -0.39 is 54.1 Å². The molecule has 1 aromatic carbocycles. The van der Waals surface area contributed by atoms with Gasteiger partial charge >= 0.3 is 6.09 Å². The van der Waals surface area contributed by atoms with Crippen molar-refractivity contribution in [2.45, 2.75) is 90.2 Å². The highest BCUT2D eigenvalue weighted by Gasteiger charge is 2.45. The summed E-state index contributed by atoms with van der Waals surface area (Å²) in [7, 11) is 0. The van der Waals surface area contributed by atoms with Gasteiger partial charge in [0.25, 0.3) is 5.91 Å². The second kappa shape index (κ2) is 14.4. The number of Topliss-reactive ketones (excluding diaryl/α,β-unsaturated/α-hetero) is 1. The fourth-order valence-electron chi connectivity index (χ4n) is 5.57. The first-order chi connectivity index (χ1) is 19.4. The van der Waals surface area contributed by atoms with Gasteiger partial charge in [-0.2, -0.15) is 0 Å². The fourth-order valence-corrected chi connectivity index (χ4v) is 5.57. The molecule has 226 valence electrons. The van der Waals surface area contributed by atoms with Crippen molar-refractivity contribution in [3.05, 3.63) is 35.4 Å². The van der Waals surface area contributed by atoms with Crippen LogP contribution in [0.3, 0.4) is 0 Å². The molecule has 4 atom stereocenters. The zero-order valence-electron chi connectivity index (χ0n) is 24.1. The number of nitrogens with two attached hydrogens (primary N) is 3. The lowest BCUT2D eigenvalue weighted by Gasteiger charge is -2.32. The number of carbonyl (C=O) groups excluding carboxylic acids is 5. The lowest BCUT2D eigenvalue weighted by atomic mass is 9.95. The predicted molar refractivity (Wildman–Crippen MR) is 152 cm³/mol. The summed E-state index contributed by atoms with van der Waals surface area (Å²) in [4.78, 5) is 65.2. The molecule has 2 aliphatic carbocycles. The predicted octanol–water partition coefficient (Wildman–Crippen LogP) is 0.690. The number of nitrogens with zero attached hydrogens (tertiary/aromatic N) is 1. The van der Waals surface area contributed by atoms with E-state index in [2.05, 4.69) is 24.5 Å². The lowest BCUT2D eigenvalue weighted by Crippen LogP contribution is -2.58. The number of ether oxygens (including phenoxy) is 1. The van der Waals surface area contributed by atoms with Crippen molar-refractivity contribution < 1.29 is 28.7 Å². The smallest absolute Gasteiger partial charge is 0.410 e. The summed E-state index contributed by atoms with van der Waals surface area (Å²) in [5.74, 6) is -2.95. The number of hydrogen-bond acceptors (Lipinski definition) is 8. The summed E-state index contributed by atoms with van der Waals surface area (Å²) < 4.78 is 4.84. The molecule has 4 rings (SSSR count). The highest BCUT2D eigenvalue weighted by molar-refractivity contribution is 6.37. The van der Waals surface area contributed by atoms with Crippen LogP contribution >= 0.6 is 0 Å². The lowest BCUT2D eigenvalue weighted by molar-refractivity contribution is -0.142. The van der Waals surface area contributed by atoms with Gasteiger partial charge in [0.1, 0.15) is 12.1 Å². The molecule has 12 heteroatoms. The number of rotatable bonds is 10. The molecule has 8 N–H and O–H groups in total. The third kappa shape index (κ3) is 8.74. The SMILES string of the molecule is CCC.C[C@@H]1CC(C(=O)NC(CC2CC2)C(=O)C(N)=O)N(C(=O)C(NC(=O)OC(N)N)C2Cc3ccccc3C2)C1. The normalized spacial score (nSPS) is 21.3. The first-order valence-corrected chi connectivity index (χ1v) is 14.4. The van der Waals surface area contributed by atoms with E-state index in [4.69, 9.17) is 21.9 Å². The number of benzene rings is 1. The average molecular weight is 573 g/mol. The number of fused-ring (bicyclic) bond motifs is 1. The summed E-state index contributed by atoms with van der Waals surface area (Å²) in [6.45, 7) is 6.45. The molecule has 4 amide bonds. The molecule has 3 aliphatic rings. The molecule has 2 fully saturated rings. The number of amides is 4. The van der Waals surface area contributed by atoms with Gasteiger partial charge in [-0.25, -0.2) is 4.79 Å². The van der Waals surface area contributed by atoms with E-state index in [0.717, 1.165) is 24.0 Å². The number of primary amides is 1. The van der Waals surface area contributed by atoms with Crippen molar-refractivity contribution in [1.82, 2.24) is 15.5 Å². The molecule has 1 aromatic rings. The molecular weight excluding hydrogens is 528 g/mol. The van der Waals surface area contributed by atoms with E-state index in [0.29, 0.717) is 25.7 Å². The quantitative estimate of drug-likeness (QED) is 0.199. The van der Waals surface area contributed by atoms with Gasteiger partial charge < -0.3 is 26.0 Å². The van der Waals surface area contributed by atoms with Gasteiger partial charge in [-0.1, -0.05) is 64.3 Å². The van der Waals surface area contributed by atoms with E-state index in [-0.39, 0.29) is 24.3 Å². The van der Waals surface area contributed by atoms with E-state index in [1.807, 2.05) is 31.2 Å². The Labute approximate surface area is 241 Å². The van der Waals surface area contributed by atoms with Crippen LogP contribution in [0.1, 0.15) is 64.0 Å². The molecule has 12 nitrogen and oxygen atoms in total. The summed E-state index contributed by atoms with van der Waals surface area (Å²) in [5, 5.41) is 5.30. The van der Waals surface area contributed by atoms with E-state index in [1.165, 1.54) is 11.3 Å². The van der Waals surface area contributed by atoms with Crippen LogP contribution in [0.5, 0.6) is 0 Å². The molecule has 3 unspecified atom stereocenters. The largest absolute Gasteiger partial charge is 0.417 e. The number of nitrogens with one attached hydrogen (secondary N) is 2. The molecule has 1 saturated carbocycles. The van der Waals surface area contributed by atoms with Crippen LogP contribution in [0, 0.1) is 17.8 Å². The van der Waals surface area contributed by atoms with Gasteiger partial charge in [0.05, 0.1) is 6.04 Å². The Morgan fingerprint density at radius 1 is 1.02 bits per heavy atom. The van der Waals surface area contributed by atoms with Crippen molar-refractivity contribution in [2.75, 3.05) is 6.54 Å². The maximum absolute atomic E-state index is 14.0. The summed E-state index contributed by atoms with van der Waals surface area (Å²) >= 11 is 0. The maximum Gasteiger partial charge on any atom is 0.410 e. The number of alkyl carbamates (subject to hydrolysis) is 1. The highest BCUT2D eigenvalue weighted by atomic mass is 16.6. The molecule has 0 spiro atoms. The van der Waals surface area contributed by atoms with E-state index >= 15 is 0 Å². The second-order valence-electron chi connectivity index (χ2n) is 11.5. The number of carbonyl (C=O) groups is 5. The van der Waals surface area contributed by atoms with Crippen molar-refractivity contribution in [3.63, 3.8) is 0 Å². The van der Waals surface area contributed by atoms with Crippen LogP contribution in [0.15, 0.2) is 24.3 Å². The maximum atomic E-state index is 14.0. The Balaban J connectivity index is 0.00000147. The van der Waals surface area contributed by atoms with Crippen LogP contribution < -0.4 is 27.8 Å². The van der Waals surface area contributed by atoms with Crippen molar-refractivity contribution >= 4 is 29.6 Å². The summed E-state index contributed by atoms with van der Waals surface area (Å²) in [6, 6.07) is 4.90. The van der Waals surface area contributed by atoms with E-state index in [1.54, 1.807) is 0 Å². The van der Waals surface area contributed by atoms with Gasteiger partial charge in [-0.05, 0) is 54.6 Å². The second-order valence-corrected chi connectivity index (χ2v) is 11.5. The number of ketones is 1. The van der Waals surface area contributed by atoms with Gasteiger partial charge in [0.2, 0.25) is 23.9 Å². The van der Waals surface area contributed by atoms with Gasteiger partial charge in [-0.3, -0.25) is 30.6 Å². The molecule has 41 heavy (non-hydrogen) atoms. The van der Waals surface area contributed by atoms with Crippen molar-refractivity contribution in [2.24, 2.45) is 35.0 Å². The zero-order valence-corrected chi connectivity index (χ0v) is 24.1. The Hall–Kier alpha value is -3.51. The minimum Gasteiger partial charge on any atom is -0.417 e. The van der Waals surface area contributed by atoms with Crippen LogP contribution in [-0.2, 0) is 36.8 Å². The van der Waals surface area contributed by atoms with Crippen molar-refractivity contribution in [1.29, 1.82) is 0 Å². The monoisotopic (exact) mass is 572 g/mol. The van der Waals surface area contributed by atoms with Gasteiger partial charge in [0, 0.05) is 6.54 Å². The Kier molecular flexibility index (Phi) is 11.2. The van der Waals surface area contributed by atoms with Gasteiger partial charge in [-0.15, -0.1) is 0 Å². The first-order valence-electron chi connectivity index (χ1n) is 14.4.